The molecule has 0 saturated carbocycles. The maximum Gasteiger partial charge on any atom is 0.220 e. The van der Waals surface area contributed by atoms with Gasteiger partial charge in [-0.1, -0.05) is 212 Å². The predicted molar refractivity (Wildman–Crippen MR) is 331 cm³/mol. The summed E-state index contributed by atoms with van der Waals surface area (Å²) in [5.41, 5.74) is 0. The molecule has 0 aromatic carbocycles. The molecule has 0 radical (unpaired) electrons. The molecule has 0 aromatic heterocycles. The number of aliphatic hydroxyl groups excluding tert-OH is 8. The van der Waals surface area contributed by atoms with Crippen LogP contribution in [0.3, 0.4) is 0 Å². The van der Waals surface area contributed by atoms with Gasteiger partial charge in [0.2, 0.25) is 5.91 Å². The van der Waals surface area contributed by atoms with Gasteiger partial charge in [0.05, 0.1) is 32.0 Å². The Morgan fingerprint density at radius 1 is 0.451 bits per heavy atom. The quantitative estimate of drug-likeness (QED) is 0.0204. The molecule has 14 heteroatoms. The van der Waals surface area contributed by atoms with Gasteiger partial charge in [-0.15, -0.1) is 0 Å². The summed E-state index contributed by atoms with van der Waals surface area (Å²) in [4.78, 5) is 13.3. The number of hydrogen-bond acceptors (Lipinski definition) is 13. The number of carbonyl (C=O) groups excluding carboxylic acids is 1. The average molecular weight is 1150 g/mol. The Bertz CT molecular complexity index is 1880. The second-order valence-electron chi connectivity index (χ2n) is 21.4. The van der Waals surface area contributed by atoms with Crippen molar-refractivity contribution in [2.24, 2.45) is 0 Å². The summed E-state index contributed by atoms with van der Waals surface area (Å²) in [7, 11) is 0. The minimum absolute atomic E-state index is 0.243. The Morgan fingerprint density at radius 2 is 0.854 bits per heavy atom. The van der Waals surface area contributed by atoms with E-state index in [0.717, 1.165) is 116 Å². The van der Waals surface area contributed by atoms with Crippen molar-refractivity contribution in [1.29, 1.82) is 0 Å². The summed E-state index contributed by atoms with van der Waals surface area (Å²) < 4.78 is 22.7. The molecule has 0 bridgehead atoms. The molecule has 9 N–H and O–H groups in total. The number of nitrogens with one attached hydrogen (secondary N) is 1. The molecule has 0 aromatic rings. The van der Waals surface area contributed by atoms with Gasteiger partial charge in [0.25, 0.3) is 0 Å². The minimum Gasteiger partial charge on any atom is -0.394 e. The molecule has 2 fully saturated rings. The van der Waals surface area contributed by atoms with Crippen LogP contribution in [0.25, 0.3) is 0 Å². The molecule has 2 aliphatic heterocycles. The van der Waals surface area contributed by atoms with Crippen LogP contribution in [-0.2, 0) is 23.7 Å². The molecule has 2 rings (SSSR count). The fraction of sp³-hybridized carbons (Fsp3) is 0.662. The molecule has 466 valence electrons. The largest absolute Gasteiger partial charge is 0.394 e. The zero-order valence-electron chi connectivity index (χ0n) is 50.2. The topological polar surface area (TPSA) is 228 Å². The van der Waals surface area contributed by atoms with E-state index >= 15 is 0 Å². The van der Waals surface area contributed by atoms with Crippen molar-refractivity contribution >= 4 is 5.91 Å². The number of amides is 1. The third-order valence-corrected chi connectivity index (χ3v) is 14.3. The number of hydrogen-bond donors (Lipinski definition) is 9. The van der Waals surface area contributed by atoms with Crippen molar-refractivity contribution in [2.45, 2.75) is 267 Å². The average Bonchev–Trinajstić information content (AvgIpc) is 3.52. The standard InChI is InChI=1S/C68H111NO13/c1-3-5-7-9-11-13-15-17-19-21-22-23-24-25-26-27-28-29-30-31-32-33-34-36-38-40-42-44-46-48-50-52-60(73)69-56(57(72)51-49-47-45-43-41-39-37-35-20-18-16-14-12-10-8-6-4-2)55-79-67-65(78)63(76)66(59(54-71)81-67)82-68-64(77)62(75)61(74)58(53-70)80-68/h5,7,11,13,17,19-20,22-23,25-26,28-29,31-32,34-36,41,43,49,51,56-59,61-68,70-72,74-78H,3-4,6,8-10,12,14-16,18,21,24,27,30,33,37-40,42,44-48,50,52-55H2,1-2H3,(H,69,73)/b7-5-,13-11-,19-17-,23-22-,26-25-,29-28-,32-31-,35-20+,36-34-,43-41+,51-49+. The van der Waals surface area contributed by atoms with Gasteiger partial charge in [0, 0.05) is 6.42 Å². The lowest BCUT2D eigenvalue weighted by Crippen LogP contribution is -2.65. The summed E-state index contributed by atoms with van der Waals surface area (Å²) in [6.07, 6.45) is 59.1. The van der Waals surface area contributed by atoms with Crippen molar-refractivity contribution in [2.75, 3.05) is 19.8 Å². The van der Waals surface area contributed by atoms with Crippen LogP contribution in [0.1, 0.15) is 194 Å². The number of unbranched alkanes of at least 4 members (excludes halogenated alkanes) is 15. The first kappa shape index (κ1) is 74.2. The van der Waals surface area contributed by atoms with Crippen molar-refractivity contribution in [3.63, 3.8) is 0 Å². The van der Waals surface area contributed by atoms with Crippen LogP contribution in [-0.4, -0.2) is 140 Å². The van der Waals surface area contributed by atoms with E-state index < -0.39 is 86.8 Å². The first-order chi connectivity index (χ1) is 40.1. The molecule has 2 saturated heterocycles. The number of carbonyl (C=O) groups is 1. The van der Waals surface area contributed by atoms with Gasteiger partial charge >= 0.3 is 0 Å². The fourth-order valence-electron chi connectivity index (χ4n) is 9.28. The van der Waals surface area contributed by atoms with Gasteiger partial charge in [0.1, 0.15) is 48.8 Å². The first-order valence-electron chi connectivity index (χ1n) is 31.4. The third kappa shape index (κ3) is 36.1. The van der Waals surface area contributed by atoms with E-state index in [9.17, 15) is 45.6 Å². The van der Waals surface area contributed by atoms with Crippen LogP contribution in [0.5, 0.6) is 0 Å². The van der Waals surface area contributed by atoms with Crippen molar-refractivity contribution < 1.29 is 64.6 Å². The molecular weight excluding hydrogens is 1040 g/mol. The molecular formula is C68H111NO13. The van der Waals surface area contributed by atoms with Crippen LogP contribution in [0.15, 0.2) is 134 Å². The Labute approximate surface area is 494 Å². The SMILES string of the molecule is CC/C=C\C/C=C\C/C=C\C/C=C\C/C=C\C/C=C\C/C=C\C/C=C\CCCCCCCCC(=O)NC(COC1OC(CO)C(OC2OC(CO)C(O)C(O)C2O)C(O)C1O)C(O)/C=C/CC/C=C/CC/C=C/CCCCCCCCC. The van der Waals surface area contributed by atoms with Crippen molar-refractivity contribution in [1.82, 2.24) is 5.32 Å². The molecule has 82 heavy (non-hydrogen) atoms. The van der Waals surface area contributed by atoms with Crippen LogP contribution in [0.2, 0.25) is 0 Å². The summed E-state index contributed by atoms with van der Waals surface area (Å²) in [6.45, 7) is 2.62. The molecule has 0 spiro atoms. The Hall–Kier alpha value is -3.87. The highest BCUT2D eigenvalue weighted by Crippen LogP contribution is 2.30. The Kier molecular flexibility index (Phi) is 46.7. The lowest BCUT2D eigenvalue weighted by Gasteiger charge is -2.46. The number of ether oxygens (including phenoxy) is 4. The smallest absolute Gasteiger partial charge is 0.220 e. The summed E-state index contributed by atoms with van der Waals surface area (Å²) in [6, 6.07) is -0.957. The van der Waals surface area contributed by atoms with Crippen molar-refractivity contribution in [3.05, 3.63) is 134 Å². The summed E-state index contributed by atoms with van der Waals surface area (Å²) in [5, 5.41) is 87.1. The van der Waals surface area contributed by atoms with Gasteiger partial charge < -0.3 is 65.1 Å². The zero-order valence-corrected chi connectivity index (χ0v) is 50.2. The zero-order chi connectivity index (χ0) is 59.5. The molecule has 1 amide bonds. The molecule has 14 nitrogen and oxygen atoms in total. The van der Waals surface area contributed by atoms with Crippen LogP contribution < -0.4 is 5.32 Å². The molecule has 2 aliphatic rings. The maximum atomic E-state index is 13.3. The monoisotopic (exact) mass is 1150 g/mol. The van der Waals surface area contributed by atoms with Crippen LogP contribution in [0.4, 0.5) is 0 Å². The number of rotatable bonds is 48. The van der Waals surface area contributed by atoms with Crippen molar-refractivity contribution in [3.8, 4) is 0 Å². The van der Waals surface area contributed by atoms with E-state index in [0.29, 0.717) is 12.8 Å². The highest BCUT2D eigenvalue weighted by molar-refractivity contribution is 5.76. The van der Waals surface area contributed by atoms with E-state index in [1.165, 1.54) is 44.9 Å². The fourth-order valence-corrected chi connectivity index (χ4v) is 9.28. The van der Waals surface area contributed by atoms with Gasteiger partial charge in [-0.25, -0.2) is 0 Å². The maximum absolute atomic E-state index is 13.3. The van der Waals surface area contributed by atoms with E-state index in [-0.39, 0.29) is 18.9 Å². The lowest BCUT2D eigenvalue weighted by atomic mass is 9.97. The second-order valence-corrected chi connectivity index (χ2v) is 21.4. The summed E-state index contributed by atoms with van der Waals surface area (Å²) >= 11 is 0. The lowest BCUT2D eigenvalue weighted by molar-refractivity contribution is -0.359. The third-order valence-electron chi connectivity index (χ3n) is 14.3. The highest BCUT2D eigenvalue weighted by atomic mass is 16.7. The van der Waals surface area contributed by atoms with Gasteiger partial charge in [-0.3, -0.25) is 4.79 Å². The van der Waals surface area contributed by atoms with Crippen LogP contribution >= 0.6 is 0 Å². The first-order valence-corrected chi connectivity index (χ1v) is 31.4. The van der Waals surface area contributed by atoms with E-state index in [4.69, 9.17) is 18.9 Å². The highest BCUT2D eigenvalue weighted by Gasteiger charge is 2.51. The summed E-state index contributed by atoms with van der Waals surface area (Å²) in [5.74, 6) is -0.275. The second kappa shape index (κ2) is 51.5. The molecule has 2 heterocycles. The van der Waals surface area contributed by atoms with Crippen LogP contribution in [0, 0.1) is 0 Å². The molecule has 12 atom stereocenters. The number of allylic oxidation sites excluding steroid dienone is 21. The minimum atomic E-state index is -1.80. The normalized spacial score (nSPS) is 24.9. The van der Waals surface area contributed by atoms with Gasteiger partial charge in [0.15, 0.2) is 12.6 Å². The Balaban J connectivity index is 1.75. The van der Waals surface area contributed by atoms with E-state index in [1.807, 2.05) is 6.08 Å². The number of aliphatic hydroxyl groups is 8. The van der Waals surface area contributed by atoms with E-state index in [2.05, 4.69) is 141 Å². The molecule has 0 aliphatic carbocycles. The van der Waals surface area contributed by atoms with E-state index in [1.54, 1.807) is 6.08 Å². The van der Waals surface area contributed by atoms with Gasteiger partial charge in [-0.2, -0.15) is 0 Å². The Morgan fingerprint density at radius 3 is 1.34 bits per heavy atom. The predicted octanol–water partition coefficient (Wildman–Crippen LogP) is 11.6. The molecule has 12 unspecified atom stereocenters. The van der Waals surface area contributed by atoms with Gasteiger partial charge in [-0.05, 0) is 109 Å².